The van der Waals surface area contributed by atoms with Crippen LogP contribution < -0.4 is 0 Å². The minimum absolute atomic E-state index is 1.56. The Kier molecular flexibility index (Phi) is 3.42. The van der Waals surface area contributed by atoms with Crippen LogP contribution in [0.15, 0.2) is 0 Å². The van der Waals surface area contributed by atoms with Crippen molar-refractivity contribution < 1.29 is 10.9 Å². The molecule has 1 N–H and O–H groups in total. The first-order valence-electron chi connectivity index (χ1n) is 0.698. The third-order valence-corrected chi connectivity index (χ3v) is 1.72. The Morgan fingerprint density at radius 3 is 2.20 bits per heavy atom. The SMILES string of the molecule is O=[Se](O)O[SeH]. The van der Waals surface area contributed by atoms with E-state index in [-0.39, 0.29) is 0 Å². The van der Waals surface area contributed by atoms with Gasteiger partial charge in [0.2, 0.25) is 0 Å². The first-order chi connectivity index (χ1) is 2.27. The third kappa shape index (κ3) is 4.76. The minimum atomic E-state index is -2.82. The second-order valence-corrected chi connectivity index (χ2v) is 3.14. The molecule has 0 rings (SSSR count). The van der Waals surface area contributed by atoms with Gasteiger partial charge in [0.25, 0.3) is 0 Å². The number of hydrogen-bond acceptors (Lipinski definition) is 2. The van der Waals surface area contributed by atoms with Crippen molar-refractivity contribution in [3.05, 3.63) is 0 Å². The molecule has 1 atom stereocenters. The van der Waals surface area contributed by atoms with E-state index in [0.717, 1.165) is 0 Å². The zero-order chi connectivity index (χ0) is 4.28. The Morgan fingerprint density at radius 1 is 2.00 bits per heavy atom. The van der Waals surface area contributed by atoms with E-state index in [4.69, 9.17) is 4.19 Å². The molecule has 0 aliphatic rings. The molecule has 0 bridgehead atoms. The molecule has 0 amide bonds. The second kappa shape index (κ2) is 2.97. The van der Waals surface area contributed by atoms with Gasteiger partial charge in [0.15, 0.2) is 0 Å². The van der Waals surface area contributed by atoms with Crippen LogP contribution in [0.25, 0.3) is 0 Å². The average Bonchev–Trinajstić information content (AvgIpc) is 1.38. The Morgan fingerprint density at radius 2 is 2.20 bits per heavy atom. The standard InChI is InChI=1S/H2O3Se2/c1-5(2)3-4/h4H,(H,1,2). The maximum atomic E-state index is 9.34. The summed E-state index contributed by atoms with van der Waals surface area (Å²) in [5.74, 6) is 0. The molecule has 5 heteroatoms. The van der Waals surface area contributed by atoms with Crippen LogP contribution in [0.4, 0.5) is 0 Å². The van der Waals surface area contributed by atoms with Gasteiger partial charge < -0.3 is 0 Å². The Labute approximate surface area is 42.2 Å². The molecule has 0 aromatic heterocycles. The van der Waals surface area contributed by atoms with E-state index in [1.165, 1.54) is 0 Å². The maximum absolute atomic E-state index is 9.34. The monoisotopic (exact) mass is 210 g/mol. The van der Waals surface area contributed by atoms with E-state index >= 15 is 0 Å². The Hall–Kier alpha value is 0.759. The molecule has 0 saturated carbocycles. The molecule has 5 heavy (non-hydrogen) atoms. The van der Waals surface area contributed by atoms with Gasteiger partial charge >= 0.3 is 41.8 Å². The molecule has 0 aromatic carbocycles. The average molecular weight is 208 g/mol. The quantitative estimate of drug-likeness (QED) is 0.518. The summed E-state index contributed by atoms with van der Waals surface area (Å²) >= 11 is -1.26. The second-order valence-electron chi connectivity index (χ2n) is 0.292. The molecule has 32 valence electrons. The van der Waals surface area contributed by atoms with Crippen LogP contribution in [0.5, 0.6) is 0 Å². The summed E-state index contributed by atoms with van der Waals surface area (Å²) in [6.45, 7) is 0. The molecular weight excluding hydrogens is 206 g/mol. The van der Waals surface area contributed by atoms with Gasteiger partial charge in [0, 0.05) is 0 Å². The zero-order valence-electron chi connectivity index (χ0n) is 2.12. The summed E-state index contributed by atoms with van der Waals surface area (Å²) in [6, 6.07) is 0. The predicted molar refractivity (Wildman–Crippen MR) is 16.9 cm³/mol. The summed E-state index contributed by atoms with van der Waals surface area (Å²) in [6.07, 6.45) is 0. The van der Waals surface area contributed by atoms with E-state index in [0.29, 0.717) is 0 Å². The molecular formula is H2O3Se2. The van der Waals surface area contributed by atoms with Gasteiger partial charge in [-0.1, -0.05) is 0 Å². The van der Waals surface area contributed by atoms with Crippen LogP contribution in [0.2, 0.25) is 0 Å². The fraction of sp³-hybridized carbons (Fsp3) is 0. The molecule has 3 nitrogen and oxygen atoms in total. The molecule has 0 heterocycles. The first kappa shape index (κ1) is 5.76. The molecule has 0 saturated heterocycles. The van der Waals surface area contributed by atoms with Crippen LogP contribution in [-0.2, 0) is 6.74 Å². The van der Waals surface area contributed by atoms with E-state index in [1.54, 1.807) is 16.3 Å². The van der Waals surface area contributed by atoms with Crippen molar-refractivity contribution in [2.45, 2.75) is 0 Å². The van der Waals surface area contributed by atoms with Crippen molar-refractivity contribution in [1.82, 2.24) is 0 Å². The molecule has 0 fully saturated rings. The predicted octanol–water partition coefficient (Wildman–Crippen LogP) is -1.77. The fourth-order valence-electron chi connectivity index (χ4n) is 0. The first-order valence-corrected chi connectivity index (χ1v) is 3.63. The molecule has 0 aliphatic carbocycles. The third-order valence-electron chi connectivity index (χ3n) is 0.0638. The summed E-state index contributed by atoms with van der Waals surface area (Å²) in [5, 5.41) is 0. The molecule has 0 radical (unpaired) electrons. The van der Waals surface area contributed by atoms with E-state index in [9.17, 15) is 3.83 Å². The molecule has 1 unspecified atom stereocenters. The van der Waals surface area contributed by atoms with Gasteiger partial charge in [0.1, 0.15) is 0 Å². The molecule has 0 aliphatic heterocycles. The topological polar surface area (TPSA) is 46.5 Å². The van der Waals surface area contributed by atoms with Gasteiger partial charge in [-0.2, -0.15) is 0 Å². The van der Waals surface area contributed by atoms with Gasteiger partial charge in [-0.25, -0.2) is 0 Å². The van der Waals surface area contributed by atoms with E-state index in [1.807, 2.05) is 0 Å². The Bertz CT molecular complexity index is 40.2. The summed E-state index contributed by atoms with van der Waals surface area (Å²) < 4.78 is 20.8. The van der Waals surface area contributed by atoms with E-state index in [2.05, 4.69) is 2.90 Å². The van der Waals surface area contributed by atoms with Gasteiger partial charge in [-0.3, -0.25) is 0 Å². The van der Waals surface area contributed by atoms with Crippen LogP contribution >= 0.6 is 0 Å². The van der Waals surface area contributed by atoms with Crippen molar-refractivity contribution in [3.63, 3.8) is 0 Å². The van der Waals surface area contributed by atoms with E-state index < -0.39 is 14.5 Å². The normalized spacial score (nSPS) is 14.8. The summed E-state index contributed by atoms with van der Waals surface area (Å²) in [7, 11) is 0. The van der Waals surface area contributed by atoms with Crippen molar-refractivity contribution >= 4 is 30.8 Å². The van der Waals surface area contributed by atoms with Crippen LogP contribution in [0.1, 0.15) is 0 Å². The fourth-order valence-corrected chi connectivity index (χ4v) is 0. The van der Waals surface area contributed by atoms with Crippen LogP contribution in [0.3, 0.4) is 0 Å². The summed E-state index contributed by atoms with van der Waals surface area (Å²) in [4.78, 5) is 0. The van der Waals surface area contributed by atoms with Crippen LogP contribution in [0, 0.1) is 0 Å². The molecule has 0 spiro atoms. The van der Waals surface area contributed by atoms with Crippen molar-refractivity contribution in [1.29, 1.82) is 0 Å². The van der Waals surface area contributed by atoms with Gasteiger partial charge in [-0.15, -0.1) is 0 Å². The van der Waals surface area contributed by atoms with Crippen molar-refractivity contribution in [2.24, 2.45) is 0 Å². The van der Waals surface area contributed by atoms with Gasteiger partial charge in [-0.05, 0) is 0 Å². The van der Waals surface area contributed by atoms with Gasteiger partial charge in [0.05, 0.1) is 0 Å². The number of hydrogen-bond donors (Lipinski definition) is 1. The number of rotatable bonds is 1. The summed E-state index contributed by atoms with van der Waals surface area (Å²) in [5.41, 5.74) is 0. The van der Waals surface area contributed by atoms with Crippen molar-refractivity contribution in [2.75, 3.05) is 0 Å². The van der Waals surface area contributed by atoms with Crippen LogP contribution in [-0.4, -0.2) is 35.0 Å². The molecule has 0 aromatic rings. The zero-order valence-corrected chi connectivity index (χ0v) is 5.71. The van der Waals surface area contributed by atoms with Crippen molar-refractivity contribution in [3.8, 4) is 0 Å². The Balaban J connectivity index is 2.85.